The lowest BCUT2D eigenvalue weighted by molar-refractivity contribution is 0.409. The fraction of sp³-hybridized carbons (Fsp3) is 0.250. The van der Waals surface area contributed by atoms with E-state index in [1.807, 2.05) is 30.3 Å². The summed E-state index contributed by atoms with van der Waals surface area (Å²) in [6, 6.07) is 16.3. The number of rotatable bonds is 5. The van der Waals surface area contributed by atoms with Crippen LogP contribution in [0, 0.1) is 0 Å². The van der Waals surface area contributed by atoms with E-state index in [1.54, 1.807) is 14.2 Å². The molecule has 2 heteroatoms. The zero-order valence-corrected chi connectivity index (χ0v) is 10.8. The minimum Gasteiger partial charge on any atom is -0.497 e. The molecule has 2 aromatic rings. The molecular weight excluding hydrogens is 224 g/mol. The maximum Gasteiger partial charge on any atom is 0.122 e. The Bertz CT molecular complexity index is 506. The highest BCUT2D eigenvalue weighted by molar-refractivity contribution is 5.35. The van der Waals surface area contributed by atoms with Gasteiger partial charge in [0.2, 0.25) is 0 Å². The molecule has 0 aliphatic carbocycles. The first-order valence-corrected chi connectivity index (χ1v) is 6.08. The van der Waals surface area contributed by atoms with E-state index < -0.39 is 0 Å². The van der Waals surface area contributed by atoms with Crippen LogP contribution in [0.1, 0.15) is 11.1 Å². The van der Waals surface area contributed by atoms with Crippen molar-refractivity contribution in [3.8, 4) is 11.5 Å². The summed E-state index contributed by atoms with van der Waals surface area (Å²) in [7, 11) is 3.41. The lowest BCUT2D eigenvalue weighted by Gasteiger charge is -2.08. The fourth-order valence-corrected chi connectivity index (χ4v) is 2.02. The van der Waals surface area contributed by atoms with E-state index in [0.29, 0.717) is 0 Å². The smallest absolute Gasteiger partial charge is 0.122 e. The van der Waals surface area contributed by atoms with Gasteiger partial charge in [0.25, 0.3) is 0 Å². The van der Waals surface area contributed by atoms with Gasteiger partial charge < -0.3 is 9.47 Å². The van der Waals surface area contributed by atoms with Crippen molar-refractivity contribution >= 4 is 0 Å². The Balaban J connectivity index is 2.06. The highest BCUT2D eigenvalue weighted by Crippen LogP contribution is 2.20. The van der Waals surface area contributed by atoms with Crippen LogP contribution in [0.2, 0.25) is 0 Å². The predicted molar refractivity (Wildman–Crippen MR) is 73.4 cm³/mol. The first-order valence-electron chi connectivity index (χ1n) is 6.08. The zero-order chi connectivity index (χ0) is 12.8. The van der Waals surface area contributed by atoms with Gasteiger partial charge in [-0.1, -0.05) is 30.3 Å². The van der Waals surface area contributed by atoms with Crippen LogP contribution in [0.3, 0.4) is 0 Å². The van der Waals surface area contributed by atoms with Crippen LogP contribution < -0.4 is 9.47 Å². The maximum atomic E-state index is 5.35. The summed E-state index contributed by atoms with van der Waals surface area (Å²) in [5.74, 6) is 1.87. The Kier molecular flexibility index (Phi) is 4.24. The lowest BCUT2D eigenvalue weighted by atomic mass is 10.0. The van der Waals surface area contributed by atoms with Gasteiger partial charge in [-0.15, -0.1) is 0 Å². The van der Waals surface area contributed by atoms with Gasteiger partial charge in [-0.2, -0.15) is 0 Å². The van der Waals surface area contributed by atoms with Gasteiger partial charge in [0.15, 0.2) is 0 Å². The van der Waals surface area contributed by atoms with Crippen LogP contribution in [0.4, 0.5) is 0 Å². The van der Waals surface area contributed by atoms with Gasteiger partial charge in [0, 0.05) is 0 Å². The molecule has 0 saturated heterocycles. The van der Waals surface area contributed by atoms with Gasteiger partial charge in [0.05, 0.1) is 14.2 Å². The molecule has 2 rings (SSSR count). The third-order valence-electron chi connectivity index (χ3n) is 3.01. The molecule has 18 heavy (non-hydrogen) atoms. The Morgan fingerprint density at radius 2 is 1.67 bits per heavy atom. The number of hydrogen-bond donors (Lipinski definition) is 0. The third kappa shape index (κ3) is 3.04. The summed E-state index contributed by atoms with van der Waals surface area (Å²) in [4.78, 5) is 0. The molecule has 94 valence electrons. The largest absolute Gasteiger partial charge is 0.497 e. The summed E-state index contributed by atoms with van der Waals surface area (Å²) < 4.78 is 10.6. The van der Waals surface area contributed by atoms with Crippen molar-refractivity contribution in [3.63, 3.8) is 0 Å². The van der Waals surface area contributed by atoms with Crippen LogP contribution in [0.15, 0.2) is 48.5 Å². The van der Waals surface area contributed by atoms with Crippen LogP contribution in [0.25, 0.3) is 0 Å². The van der Waals surface area contributed by atoms with E-state index in [1.165, 1.54) is 11.1 Å². The SMILES string of the molecule is COc1cccc(CCc2ccccc2OC)c1. The van der Waals surface area contributed by atoms with E-state index in [-0.39, 0.29) is 0 Å². The van der Waals surface area contributed by atoms with Gasteiger partial charge in [-0.3, -0.25) is 0 Å². The van der Waals surface area contributed by atoms with Gasteiger partial charge in [0.1, 0.15) is 11.5 Å². The lowest BCUT2D eigenvalue weighted by Crippen LogP contribution is -1.95. The highest BCUT2D eigenvalue weighted by Gasteiger charge is 2.02. The number of hydrogen-bond acceptors (Lipinski definition) is 2. The predicted octanol–water partition coefficient (Wildman–Crippen LogP) is 3.49. The Morgan fingerprint density at radius 3 is 2.44 bits per heavy atom. The number of para-hydroxylation sites is 1. The molecule has 0 heterocycles. The van der Waals surface area contributed by atoms with Gasteiger partial charge in [-0.25, -0.2) is 0 Å². The average Bonchev–Trinajstić information content (AvgIpc) is 2.45. The third-order valence-corrected chi connectivity index (χ3v) is 3.01. The second-order valence-corrected chi connectivity index (χ2v) is 4.16. The molecule has 0 unspecified atom stereocenters. The molecule has 2 aromatic carbocycles. The molecule has 0 N–H and O–H groups in total. The van der Waals surface area contributed by atoms with Gasteiger partial charge in [-0.05, 0) is 42.2 Å². The molecule has 0 fully saturated rings. The van der Waals surface area contributed by atoms with Gasteiger partial charge >= 0.3 is 0 Å². The van der Waals surface area contributed by atoms with E-state index in [9.17, 15) is 0 Å². The monoisotopic (exact) mass is 242 g/mol. The first-order chi connectivity index (χ1) is 8.83. The second-order valence-electron chi connectivity index (χ2n) is 4.16. The average molecular weight is 242 g/mol. The molecule has 0 bridgehead atoms. The number of benzene rings is 2. The van der Waals surface area contributed by atoms with Crippen molar-refractivity contribution in [1.29, 1.82) is 0 Å². The van der Waals surface area contributed by atoms with Crippen molar-refractivity contribution < 1.29 is 9.47 Å². The molecule has 2 nitrogen and oxygen atoms in total. The molecular formula is C16H18O2. The molecule has 0 aliphatic heterocycles. The van der Waals surface area contributed by atoms with Crippen molar-refractivity contribution in [3.05, 3.63) is 59.7 Å². The maximum absolute atomic E-state index is 5.35. The topological polar surface area (TPSA) is 18.5 Å². The summed E-state index contributed by atoms with van der Waals surface area (Å²) in [5.41, 5.74) is 2.52. The van der Waals surface area contributed by atoms with E-state index >= 15 is 0 Å². The van der Waals surface area contributed by atoms with E-state index in [4.69, 9.17) is 9.47 Å². The van der Waals surface area contributed by atoms with Crippen molar-refractivity contribution in [1.82, 2.24) is 0 Å². The molecule has 0 aromatic heterocycles. The van der Waals surface area contributed by atoms with E-state index in [2.05, 4.69) is 18.2 Å². The number of ether oxygens (including phenoxy) is 2. The summed E-state index contributed by atoms with van der Waals surface area (Å²) in [6.45, 7) is 0. The fourth-order valence-electron chi connectivity index (χ4n) is 2.02. The molecule has 0 spiro atoms. The molecule has 0 saturated carbocycles. The summed E-state index contributed by atoms with van der Waals surface area (Å²) >= 11 is 0. The quantitative estimate of drug-likeness (QED) is 0.799. The van der Waals surface area contributed by atoms with Crippen LogP contribution in [-0.4, -0.2) is 14.2 Å². The normalized spacial score (nSPS) is 10.1. The standard InChI is InChI=1S/C16H18O2/c1-17-15-8-5-6-13(12-15)10-11-14-7-3-4-9-16(14)18-2/h3-9,12H,10-11H2,1-2H3. The Morgan fingerprint density at radius 1 is 0.833 bits per heavy atom. The number of aryl methyl sites for hydroxylation is 2. The van der Waals surface area contributed by atoms with Crippen LogP contribution in [-0.2, 0) is 12.8 Å². The first kappa shape index (κ1) is 12.5. The zero-order valence-electron chi connectivity index (χ0n) is 10.8. The van der Waals surface area contributed by atoms with E-state index in [0.717, 1.165) is 24.3 Å². The minimum absolute atomic E-state index is 0.910. The minimum atomic E-state index is 0.910. The molecule has 0 atom stereocenters. The molecule has 0 radical (unpaired) electrons. The molecule has 0 amide bonds. The Labute approximate surface area is 108 Å². The second kappa shape index (κ2) is 6.10. The molecule has 0 aliphatic rings. The highest BCUT2D eigenvalue weighted by atomic mass is 16.5. The number of methoxy groups -OCH3 is 2. The van der Waals surface area contributed by atoms with Crippen molar-refractivity contribution in [2.75, 3.05) is 14.2 Å². The summed E-state index contributed by atoms with van der Waals surface area (Å²) in [6.07, 6.45) is 1.95. The summed E-state index contributed by atoms with van der Waals surface area (Å²) in [5, 5.41) is 0. The van der Waals surface area contributed by atoms with Crippen molar-refractivity contribution in [2.24, 2.45) is 0 Å². The van der Waals surface area contributed by atoms with Crippen LogP contribution in [0.5, 0.6) is 11.5 Å². The Hall–Kier alpha value is -1.96. The van der Waals surface area contributed by atoms with Crippen molar-refractivity contribution in [2.45, 2.75) is 12.8 Å². The van der Waals surface area contributed by atoms with Crippen LogP contribution >= 0.6 is 0 Å².